The van der Waals surface area contributed by atoms with Crippen LogP contribution in [0.25, 0.3) is 92.4 Å². The molecule has 0 spiro atoms. The van der Waals surface area contributed by atoms with E-state index in [1.54, 1.807) is 11.3 Å². The molecular formula is C42H25N4S+. The zero-order chi connectivity index (χ0) is 30.9. The second-order valence-electron chi connectivity index (χ2n) is 11.9. The van der Waals surface area contributed by atoms with Gasteiger partial charge in [-0.2, -0.15) is 4.40 Å². The molecule has 0 aliphatic rings. The summed E-state index contributed by atoms with van der Waals surface area (Å²) in [5.74, 6) is 1.56. The number of hydrogen-bond donors (Lipinski definition) is 0. The zero-order valence-electron chi connectivity index (χ0n) is 25.1. The molecule has 0 amide bonds. The van der Waals surface area contributed by atoms with E-state index in [0.717, 1.165) is 49.6 Å². The molecule has 4 nitrogen and oxygen atoms in total. The van der Waals surface area contributed by atoms with Gasteiger partial charge in [-0.05, 0) is 64.7 Å². The van der Waals surface area contributed by atoms with Crippen LogP contribution in [-0.4, -0.2) is 15.0 Å². The molecule has 0 N–H and O–H groups in total. The van der Waals surface area contributed by atoms with Gasteiger partial charge in [0, 0.05) is 21.7 Å². The maximum atomic E-state index is 5.35. The van der Waals surface area contributed by atoms with Gasteiger partial charge in [0.25, 0.3) is 11.5 Å². The Bertz CT molecular complexity index is 2830. The van der Waals surface area contributed by atoms with Crippen molar-refractivity contribution in [1.29, 1.82) is 0 Å². The third-order valence-corrected chi connectivity index (χ3v) is 10.3. The van der Waals surface area contributed by atoms with E-state index in [2.05, 4.69) is 126 Å². The second-order valence-corrected chi connectivity index (χ2v) is 12.9. The van der Waals surface area contributed by atoms with Crippen molar-refractivity contribution in [1.82, 2.24) is 15.0 Å². The normalized spacial score (nSPS) is 11.8. The highest BCUT2D eigenvalue weighted by Gasteiger charge is 2.26. The lowest BCUT2D eigenvalue weighted by molar-refractivity contribution is -0.474. The first-order valence-corrected chi connectivity index (χ1v) is 16.5. The van der Waals surface area contributed by atoms with Crippen LogP contribution in [0.1, 0.15) is 0 Å². The van der Waals surface area contributed by atoms with Crippen LogP contribution in [0.3, 0.4) is 0 Å². The molecule has 7 aromatic carbocycles. The Morgan fingerprint density at radius 3 is 1.94 bits per heavy atom. The van der Waals surface area contributed by atoms with E-state index < -0.39 is 0 Å². The van der Waals surface area contributed by atoms with Gasteiger partial charge in [0.15, 0.2) is 0 Å². The third kappa shape index (κ3) is 4.07. The van der Waals surface area contributed by atoms with E-state index in [9.17, 15) is 0 Å². The Morgan fingerprint density at radius 2 is 1.15 bits per heavy atom. The average Bonchev–Trinajstić information content (AvgIpc) is 3.60. The van der Waals surface area contributed by atoms with Crippen LogP contribution in [-0.2, 0) is 0 Å². The SMILES string of the molecule is c1ccc(-c2nc(-c3ccccc3)[n+]3c4cc5c(ccc6nc(-c7ccccc7)sc65)cc4c4c5ccccc5ccc4c3n2)cc1. The van der Waals surface area contributed by atoms with E-state index in [-0.39, 0.29) is 0 Å². The number of thiazole rings is 1. The summed E-state index contributed by atoms with van der Waals surface area (Å²) in [6.45, 7) is 0. The zero-order valence-corrected chi connectivity index (χ0v) is 25.9. The van der Waals surface area contributed by atoms with Gasteiger partial charge in [-0.1, -0.05) is 113 Å². The minimum absolute atomic E-state index is 0.705. The summed E-state index contributed by atoms with van der Waals surface area (Å²) in [5, 5.41) is 9.27. The van der Waals surface area contributed by atoms with E-state index in [1.165, 1.54) is 37.0 Å². The molecule has 0 aliphatic carbocycles. The molecule has 3 aromatic heterocycles. The molecule has 0 bridgehead atoms. The number of fused-ring (bicyclic) bond motifs is 11. The molecule has 10 rings (SSSR count). The van der Waals surface area contributed by atoms with Crippen LogP contribution >= 0.6 is 11.3 Å². The summed E-state index contributed by atoms with van der Waals surface area (Å²) >= 11 is 1.75. The molecular weight excluding hydrogens is 593 g/mol. The monoisotopic (exact) mass is 617 g/mol. The fraction of sp³-hybridized carbons (Fsp3) is 0. The molecule has 0 fully saturated rings. The maximum Gasteiger partial charge on any atom is 0.308 e. The standard InChI is InChI=1S/C42H25N4S/c1-4-13-27(14-5-1)39-44-40(28-15-6-2-7-16-28)46-36-25-33-30(21-23-35-38(33)47-42(43-35)29-17-8-3-9-18-29)24-34(36)37-31-19-11-10-12-26(31)20-22-32(37)41(46)45-39/h1-25H/q+1. The number of nitrogens with zero attached hydrogens (tertiary/aromatic N) is 4. The second kappa shape index (κ2) is 10.2. The molecule has 5 heteroatoms. The minimum Gasteiger partial charge on any atom is -0.236 e. The maximum absolute atomic E-state index is 5.35. The first-order valence-electron chi connectivity index (χ1n) is 15.7. The van der Waals surface area contributed by atoms with Crippen molar-refractivity contribution in [3.8, 4) is 33.3 Å². The van der Waals surface area contributed by atoms with Crippen molar-refractivity contribution in [3.63, 3.8) is 0 Å². The van der Waals surface area contributed by atoms with E-state index >= 15 is 0 Å². The Balaban J connectivity index is 1.42. The van der Waals surface area contributed by atoms with Crippen molar-refractivity contribution >= 4 is 70.4 Å². The number of pyridine rings is 1. The van der Waals surface area contributed by atoms with Crippen LogP contribution in [0.15, 0.2) is 152 Å². The Labute approximate surface area is 273 Å². The highest BCUT2D eigenvalue weighted by molar-refractivity contribution is 7.22. The fourth-order valence-corrected chi connectivity index (χ4v) is 8.01. The molecule has 0 radical (unpaired) electrons. The molecule has 3 heterocycles. The Kier molecular flexibility index (Phi) is 5.71. The average molecular weight is 618 g/mol. The lowest BCUT2D eigenvalue weighted by Crippen LogP contribution is -2.30. The first-order chi connectivity index (χ1) is 23.3. The summed E-state index contributed by atoms with van der Waals surface area (Å²) in [4.78, 5) is 15.7. The predicted molar refractivity (Wildman–Crippen MR) is 195 cm³/mol. The van der Waals surface area contributed by atoms with E-state index in [4.69, 9.17) is 15.0 Å². The van der Waals surface area contributed by atoms with Crippen LogP contribution in [0, 0.1) is 0 Å². The summed E-state index contributed by atoms with van der Waals surface area (Å²) in [7, 11) is 0. The third-order valence-electron chi connectivity index (χ3n) is 9.10. The summed E-state index contributed by atoms with van der Waals surface area (Å²) in [6, 6.07) is 53.3. The predicted octanol–water partition coefficient (Wildman–Crippen LogP) is 10.4. The van der Waals surface area contributed by atoms with Crippen molar-refractivity contribution in [2.24, 2.45) is 0 Å². The molecule has 0 saturated carbocycles. The molecule has 0 atom stereocenters. The number of rotatable bonds is 3. The van der Waals surface area contributed by atoms with Crippen molar-refractivity contribution in [3.05, 3.63) is 152 Å². The molecule has 218 valence electrons. The highest BCUT2D eigenvalue weighted by Crippen LogP contribution is 2.40. The summed E-state index contributed by atoms with van der Waals surface area (Å²) < 4.78 is 3.45. The van der Waals surface area contributed by atoms with Crippen LogP contribution in [0.5, 0.6) is 0 Å². The van der Waals surface area contributed by atoms with E-state index in [1.807, 2.05) is 30.3 Å². The van der Waals surface area contributed by atoms with Gasteiger partial charge in [-0.15, -0.1) is 11.3 Å². The van der Waals surface area contributed by atoms with Gasteiger partial charge in [0.05, 0.1) is 26.7 Å². The topological polar surface area (TPSA) is 42.8 Å². The van der Waals surface area contributed by atoms with Gasteiger partial charge < -0.3 is 0 Å². The van der Waals surface area contributed by atoms with Crippen LogP contribution < -0.4 is 4.40 Å². The Morgan fingerprint density at radius 1 is 0.468 bits per heavy atom. The molecule has 47 heavy (non-hydrogen) atoms. The number of benzene rings is 7. The fourth-order valence-electron chi connectivity index (χ4n) is 6.92. The van der Waals surface area contributed by atoms with Gasteiger partial charge in [-0.25, -0.2) is 4.98 Å². The number of hydrogen-bond acceptors (Lipinski definition) is 4. The lowest BCUT2D eigenvalue weighted by atomic mass is 9.96. The van der Waals surface area contributed by atoms with Crippen molar-refractivity contribution < 1.29 is 4.40 Å². The molecule has 10 aromatic rings. The largest absolute Gasteiger partial charge is 0.308 e. The first kappa shape index (κ1) is 26.2. The van der Waals surface area contributed by atoms with Crippen LogP contribution in [0.4, 0.5) is 0 Å². The summed E-state index contributed by atoms with van der Waals surface area (Å²) in [6.07, 6.45) is 0. The van der Waals surface area contributed by atoms with Gasteiger partial charge in [0.2, 0.25) is 0 Å². The van der Waals surface area contributed by atoms with Crippen molar-refractivity contribution in [2.45, 2.75) is 0 Å². The van der Waals surface area contributed by atoms with Gasteiger partial charge in [-0.3, -0.25) is 0 Å². The van der Waals surface area contributed by atoms with E-state index in [0.29, 0.717) is 5.82 Å². The highest BCUT2D eigenvalue weighted by atomic mass is 32.1. The lowest BCUT2D eigenvalue weighted by Gasteiger charge is -2.13. The Hall–Kier alpha value is -6.04. The molecule has 0 unspecified atom stereocenters. The number of aromatic nitrogens is 4. The van der Waals surface area contributed by atoms with Crippen LogP contribution in [0.2, 0.25) is 0 Å². The minimum atomic E-state index is 0.705. The van der Waals surface area contributed by atoms with Crippen molar-refractivity contribution in [2.75, 3.05) is 0 Å². The molecule has 0 aliphatic heterocycles. The summed E-state index contributed by atoms with van der Waals surface area (Å²) in [5.41, 5.74) is 6.11. The van der Waals surface area contributed by atoms with Gasteiger partial charge in [0.1, 0.15) is 10.5 Å². The quantitative estimate of drug-likeness (QED) is 0.113. The molecule has 0 saturated heterocycles. The van der Waals surface area contributed by atoms with Gasteiger partial charge >= 0.3 is 5.82 Å². The smallest absolute Gasteiger partial charge is 0.236 e.